The third-order valence-electron chi connectivity index (χ3n) is 8.11. The number of anilines is 2. The summed E-state index contributed by atoms with van der Waals surface area (Å²) in [5.74, 6) is 0.850. The molecule has 0 aromatic heterocycles. The van der Waals surface area contributed by atoms with E-state index in [1.807, 2.05) is 6.92 Å². The van der Waals surface area contributed by atoms with Crippen LogP contribution >= 0.6 is 7.92 Å². The van der Waals surface area contributed by atoms with Crippen molar-refractivity contribution >= 4 is 63.5 Å². The van der Waals surface area contributed by atoms with E-state index in [2.05, 4.69) is 172 Å². The van der Waals surface area contributed by atoms with Gasteiger partial charge < -0.3 is 10.6 Å². The van der Waals surface area contributed by atoms with Crippen LogP contribution in [0.1, 0.15) is 29.2 Å². The molecule has 5 heteroatoms. The van der Waals surface area contributed by atoms with Crippen molar-refractivity contribution in [3.05, 3.63) is 156 Å². The van der Waals surface area contributed by atoms with Crippen molar-refractivity contribution in [2.24, 2.45) is 9.98 Å². The lowest BCUT2D eigenvalue weighted by Gasteiger charge is -2.24. The second-order valence-electron chi connectivity index (χ2n) is 11.6. The van der Waals surface area contributed by atoms with E-state index in [-0.39, 0.29) is 0 Å². The van der Waals surface area contributed by atoms with Crippen molar-refractivity contribution in [3.8, 4) is 0 Å². The first kappa shape index (κ1) is 31.0. The molecule has 4 nitrogen and oxygen atoms in total. The van der Waals surface area contributed by atoms with E-state index < -0.39 is 7.92 Å². The zero-order valence-corrected chi connectivity index (χ0v) is 27.9. The van der Waals surface area contributed by atoms with Crippen molar-refractivity contribution in [3.63, 3.8) is 0 Å². The van der Waals surface area contributed by atoms with Crippen LogP contribution in [-0.2, 0) is 0 Å². The summed E-state index contributed by atoms with van der Waals surface area (Å²) in [7, 11) is -0.969. The number of fused-ring (bicyclic) bond motifs is 1. The van der Waals surface area contributed by atoms with E-state index in [9.17, 15) is 0 Å². The Balaban J connectivity index is 1.44. The fraction of sp³-hybridized carbons (Fsp3) is 0.122. The second kappa shape index (κ2) is 13.9. The van der Waals surface area contributed by atoms with Gasteiger partial charge in [-0.05, 0) is 91.1 Å². The second-order valence-corrected chi connectivity index (χ2v) is 13.7. The summed E-state index contributed by atoms with van der Waals surface area (Å²) in [6.07, 6.45) is 0. The number of amidine groups is 2. The smallest absolute Gasteiger partial charge is 0.138 e. The van der Waals surface area contributed by atoms with E-state index in [0.29, 0.717) is 0 Å². The zero-order chi connectivity index (χ0) is 32.0. The predicted molar refractivity (Wildman–Crippen MR) is 202 cm³/mol. The van der Waals surface area contributed by atoms with Crippen LogP contribution in [0, 0.1) is 27.7 Å². The van der Waals surface area contributed by atoms with Crippen molar-refractivity contribution < 1.29 is 0 Å². The molecule has 0 saturated heterocycles. The molecule has 46 heavy (non-hydrogen) atoms. The highest BCUT2D eigenvalue weighted by atomic mass is 31.1. The lowest BCUT2D eigenvalue weighted by Crippen LogP contribution is -2.24. The summed E-state index contributed by atoms with van der Waals surface area (Å²) in [6, 6.07) is 46.8. The lowest BCUT2D eigenvalue weighted by molar-refractivity contribution is 1.36. The quantitative estimate of drug-likeness (QED) is 0.106. The molecule has 6 aromatic rings. The van der Waals surface area contributed by atoms with Crippen molar-refractivity contribution in [1.29, 1.82) is 0 Å². The molecule has 0 bridgehead atoms. The summed E-state index contributed by atoms with van der Waals surface area (Å²) in [6.45, 7) is 10.6. The number of benzene rings is 6. The molecule has 0 radical (unpaired) electrons. The van der Waals surface area contributed by atoms with Crippen LogP contribution in [0.15, 0.2) is 143 Å². The molecule has 0 amide bonds. The van der Waals surface area contributed by atoms with E-state index >= 15 is 0 Å². The van der Waals surface area contributed by atoms with Gasteiger partial charge in [0.25, 0.3) is 0 Å². The largest absolute Gasteiger partial charge is 0.344 e. The summed E-state index contributed by atoms with van der Waals surface area (Å²) < 4.78 is 0. The summed E-state index contributed by atoms with van der Waals surface area (Å²) in [5, 5.41) is 12.0. The summed E-state index contributed by atoms with van der Waals surface area (Å²) >= 11 is 0. The van der Waals surface area contributed by atoms with Crippen LogP contribution < -0.4 is 21.2 Å². The monoisotopic (exact) mass is 618 g/mol. The molecule has 0 heterocycles. The van der Waals surface area contributed by atoms with Crippen LogP contribution in [-0.4, -0.2) is 11.4 Å². The molecule has 6 aromatic carbocycles. The Labute approximate surface area is 273 Å². The van der Waals surface area contributed by atoms with Crippen LogP contribution in [0.2, 0.25) is 0 Å². The molecule has 0 aliphatic carbocycles. The molecule has 228 valence electrons. The number of aliphatic imine (C=N–C) groups is 2. The van der Waals surface area contributed by atoms with E-state index in [4.69, 9.17) is 9.98 Å². The van der Waals surface area contributed by atoms with E-state index in [0.717, 1.165) is 44.9 Å². The normalized spacial score (nSPS) is 12.0. The first-order valence-electron chi connectivity index (χ1n) is 15.6. The van der Waals surface area contributed by atoms with Crippen molar-refractivity contribution in [1.82, 2.24) is 0 Å². The number of nitrogens with one attached hydrogen (secondary N) is 2. The van der Waals surface area contributed by atoms with Gasteiger partial charge >= 0.3 is 0 Å². The van der Waals surface area contributed by atoms with Crippen LogP contribution in [0.3, 0.4) is 0 Å². The highest BCUT2D eigenvalue weighted by Gasteiger charge is 2.22. The van der Waals surface area contributed by atoms with Crippen molar-refractivity contribution in [2.45, 2.75) is 34.6 Å². The molecule has 0 atom stereocenters. The molecular formula is C41H39N4P. The maximum absolute atomic E-state index is 5.39. The third kappa shape index (κ3) is 6.93. The first-order valence-corrected chi connectivity index (χ1v) is 16.9. The van der Waals surface area contributed by atoms with Gasteiger partial charge in [0.2, 0.25) is 0 Å². The van der Waals surface area contributed by atoms with Crippen LogP contribution in [0.5, 0.6) is 0 Å². The maximum atomic E-state index is 5.39. The van der Waals surface area contributed by atoms with Gasteiger partial charge in [-0.15, -0.1) is 0 Å². The Morgan fingerprint density at radius 3 is 1.61 bits per heavy atom. The highest BCUT2D eigenvalue weighted by Crippen LogP contribution is 2.39. The molecule has 0 aliphatic rings. The van der Waals surface area contributed by atoms with Gasteiger partial charge in [0.05, 0.1) is 11.4 Å². The molecule has 6 rings (SSSR count). The topological polar surface area (TPSA) is 48.8 Å². The molecule has 2 N–H and O–H groups in total. The zero-order valence-electron chi connectivity index (χ0n) is 27.0. The highest BCUT2D eigenvalue weighted by molar-refractivity contribution is 7.88. The Morgan fingerprint density at radius 1 is 0.522 bits per heavy atom. The molecule has 0 aliphatic heterocycles. The standard InChI is InChI=1S/C41H39N4P/c1-28-15-12-16-29(2)39(28)43-32(5)42-38-24-14-19-33-27-34(25-26-37(33)38)44-41(45-40-30(3)17-13-18-31(40)4)46(35-20-8-6-9-21-35)36-22-10-7-11-23-36/h6-27H,1-5H3,(H,42,43)(H,44,45). The summed E-state index contributed by atoms with van der Waals surface area (Å²) in [5.41, 5.74) is 9.75. The van der Waals surface area contributed by atoms with Gasteiger partial charge in [-0.2, -0.15) is 0 Å². The summed E-state index contributed by atoms with van der Waals surface area (Å²) in [4.78, 5) is 10.4. The minimum absolute atomic E-state index is 0.850. The van der Waals surface area contributed by atoms with Crippen LogP contribution in [0.25, 0.3) is 10.8 Å². The van der Waals surface area contributed by atoms with Gasteiger partial charge in [-0.1, -0.05) is 115 Å². The minimum atomic E-state index is -0.969. The predicted octanol–water partition coefficient (Wildman–Crippen LogP) is 10.5. The molecule has 0 fully saturated rings. The van der Waals surface area contributed by atoms with Gasteiger partial charge in [0.1, 0.15) is 11.4 Å². The number of aryl methyl sites for hydroxylation is 4. The fourth-order valence-electron chi connectivity index (χ4n) is 5.75. The van der Waals surface area contributed by atoms with Crippen molar-refractivity contribution in [2.75, 3.05) is 10.6 Å². The molecule has 0 spiro atoms. The SMILES string of the molecule is CC(=Nc1cccc2cc(N=C(Nc3c(C)cccc3C)P(c3ccccc3)c3ccccc3)ccc12)Nc1c(C)cccc1C. The van der Waals surface area contributed by atoms with Gasteiger partial charge in [0, 0.05) is 24.7 Å². The number of rotatable bonds is 7. The Kier molecular flexibility index (Phi) is 9.38. The third-order valence-corrected chi connectivity index (χ3v) is 10.4. The van der Waals surface area contributed by atoms with Crippen LogP contribution in [0.4, 0.5) is 22.7 Å². The lowest BCUT2D eigenvalue weighted by atomic mass is 10.1. The minimum Gasteiger partial charge on any atom is -0.344 e. The average Bonchev–Trinajstić information content (AvgIpc) is 3.06. The molecule has 0 unspecified atom stereocenters. The van der Waals surface area contributed by atoms with Gasteiger partial charge in [0.15, 0.2) is 0 Å². The van der Waals surface area contributed by atoms with Gasteiger partial charge in [-0.25, -0.2) is 9.98 Å². The average molecular weight is 619 g/mol. The number of nitrogens with zero attached hydrogens (tertiary/aromatic N) is 2. The fourth-order valence-corrected chi connectivity index (χ4v) is 7.92. The first-order chi connectivity index (χ1) is 22.4. The Morgan fingerprint density at radius 2 is 1.04 bits per heavy atom. The maximum Gasteiger partial charge on any atom is 0.138 e. The van der Waals surface area contributed by atoms with E-state index in [1.165, 1.54) is 32.9 Å². The van der Waals surface area contributed by atoms with E-state index in [1.54, 1.807) is 0 Å². The van der Waals surface area contributed by atoms with Gasteiger partial charge in [-0.3, -0.25) is 0 Å². The number of para-hydroxylation sites is 2. The Bertz CT molecular complexity index is 1970. The Hall–Kier alpha value is -5.05. The molecular weight excluding hydrogens is 579 g/mol. The number of hydrogen-bond acceptors (Lipinski definition) is 2. The number of hydrogen-bond donors (Lipinski definition) is 2. The molecule has 0 saturated carbocycles.